The topological polar surface area (TPSA) is 33.1 Å². The first-order valence-corrected chi connectivity index (χ1v) is 7.70. The molecule has 21 heavy (non-hydrogen) atoms. The predicted molar refractivity (Wildman–Crippen MR) is 86.8 cm³/mol. The quantitative estimate of drug-likeness (QED) is 0.809. The Kier molecular flexibility index (Phi) is 5.96. The lowest BCUT2D eigenvalue weighted by Crippen LogP contribution is -2.22. The van der Waals surface area contributed by atoms with Gasteiger partial charge in [-0.3, -0.25) is 4.90 Å². The summed E-state index contributed by atoms with van der Waals surface area (Å²) >= 11 is 0. The van der Waals surface area contributed by atoms with Gasteiger partial charge in [0.15, 0.2) is 0 Å². The van der Waals surface area contributed by atoms with Crippen LogP contribution in [0.3, 0.4) is 0 Å². The Bertz CT molecular complexity index is 526. The number of aryl methyl sites for hydroxylation is 1. The summed E-state index contributed by atoms with van der Waals surface area (Å²) in [6, 6.07) is 8.89. The van der Waals surface area contributed by atoms with Crippen LogP contribution < -0.4 is 5.32 Å². The molecule has 4 heteroatoms. The van der Waals surface area contributed by atoms with Crippen molar-refractivity contribution in [2.75, 3.05) is 13.1 Å². The molecular weight excluding hydrogens is 260 g/mol. The van der Waals surface area contributed by atoms with E-state index in [1.807, 2.05) is 24.0 Å². The van der Waals surface area contributed by atoms with Crippen LogP contribution in [0.25, 0.3) is 0 Å². The average Bonchev–Trinajstić information content (AvgIpc) is 2.92. The Labute approximate surface area is 127 Å². The van der Waals surface area contributed by atoms with Gasteiger partial charge in [-0.15, -0.1) is 0 Å². The molecule has 1 aromatic heterocycles. The zero-order chi connectivity index (χ0) is 15.1. The average molecular weight is 286 g/mol. The van der Waals surface area contributed by atoms with Crippen molar-refractivity contribution < 1.29 is 0 Å². The highest BCUT2D eigenvalue weighted by Crippen LogP contribution is 2.07. The number of nitrogens with one attached hydrogen (secondary N) is 1. The maximum absolute atomic E-state index is 4.31. The largest absolute Gasteiger partial charge is 0.337 e. The van der Waals surface area contributed by atoms with Crippen LogP contribution in [0.15, 0.2) is 36.7 Å². The highest BCUT2D eigenvalue weighted by Gasteiger charge is 2.02. The highest BCUT2D eigenvalue weighted by molar-refractivity contribution is 5.22. The minimum atomic E-state index is 0.796. The summed E-state index contributed by atoms with van der Waals surface area (Å²) < 4.78 is 2.04. The number of hydrogen-bond acceptors (Lipinski definition) is 3. The molecule has 114 valence electrons. The summed E-state index contributed by atoms with van der Waals surface area (Å²) in [5, 5.41) is 3.43. The van der Waals surface area contributed by atoms with Crippen LogP contribution in [0.2, 0.25) is 0 Å². The van der Waals surface area contributed by atoms with Crippen molar-refractivity contribution >= 4 is 0 Å². The molecule has 0 saturated carbocycles. The second-order valence-corrected chi connectivity index (χ2v) is 5.34. The maximum Gasteiger partial charge on any atom is 0.122 e. The minimum Gasteiger partial charge on any atom is -0.337 e. The van der Waals surface area contributed by atoms with Crippen molar-refractivity contribution in [2.24, 2.45) is 7.05 Å². The van der Waals surface area contributed by atoms with Gasteiger partial charge >= 0.3 is 0 Å². The summed E-state index contributed by atoms with van der Waals surface area (Å²) in [5.41, 5.74) is 2.69. The summed E-state index contributed by atoms with van der Waals surface area (Å²) in [7, 11) is 2.02. The fourth-order valence-corrected chi connectivity index (χ4v) is 2.35. The molecule has 0 saturated heterocycles. The van der Waals surface area contributed by atoms with Crippen LogP contribution in [0.1, 0.15) is 30.8 Å². The molecule has 2 rings (SSSR count). The van der Waals surface area contributed by atoms with Crippen molar-refractivity contribution in [3.05, 3.63) is 53.6 Å². The smallest absolute Gasteiger partial charge is 0.122 e. The molecule has 0 radical (unpaired) electrons. The van der Waals surface area contributed by atoms with E-state index in [4.69, 9.17) is 0 Å². The molecule has 1 N–H and O–H groups in total. The Morgan fingerprint density at radius 2 is 1.71 bits per heavy atom. The minimum absolute atomic E-state index is 0.796. The molecule has 2 aromatic rings. The van der Waals surface area contributed by atoms with E-state index in [0.29, 0.717) is 0 Å². The van der Waals surface area contributed by atoms with E-state index >= 15 is 0 Å². The SMILES string of the molecule is CCN(CC)Cc1ccc(CNCc2nccn2C)cc1. The second kappa shape index (κ2) is 7.96. The van der Waals surface area contributed by atoms with Gasteiger partial charge < -0.3 is 9.88 Å². The van der Waals surface area contributed by atoms with Crippen molar-refractivity contribution in [2.45, 2.75) is 33.5 Å². The van der Waals surface area contributed by atoms with Gasteiger partial charge in [-0.05, 0) is 24.2 Å². The third kappa shape index (κ3) is 4.69. The van der Waals surface area contributed by atoms with Gasteiger partial charge in [0, 0.05) is 32.5 Å². The summed E-state index contributed by atoms with van der Waals surface area (Å²) in [6.07, 6.45) is 3.80. The van der Waals surface area contributed by atoms with Crippen LogP contribution in [-0.2, 0) is 26.7 Å². The summed E-state index contributed by atoms with van der Waals surface area (Å²) in [6.45, 7) is 9.32. The van der Waals surface area contributed by atoms with Crippen molar-refractivity contribution in [3.8, 4) is 0 Å². The number of aromatic nitrogens is 2. The molecule has 1 heterocycles. The fourth-order valence-electron chi connectivity index (χ4n) is 2.35. The number of hydrogen-bond donors (Lipinski definition) is 1. The predicted octanol–water partition coefficient (Wildman–Crippen LogP) is 2.55. The maximum atomic E-state index is 4.31. The van der Waals surface area contributed by atoms with Crippen molar-refractivity contribution in [1.29, 1.82) is 0 Å². The number of nitrogens with zero attached hydrogens (tertiary/aromatic N) is 3. The molecule has 0 amide bonds. The lowest BCUT2D eigenvalue weighted by Gasteiger charge is -2.18. The second-order valence-electron chi connectivity index (χ2n) is 5.34. The normalized spacial score (nSPS) is 11.2. The zero-order valence-corrected chi connectivity index (χ0v) is 13.3. The zero-order valence-electron chi connectivity index (χ0n) is 13.3. The van der Waals surface area contributed by atoms with E-state index in [0.717, 1.165) is 38.5 Å². The molecular formula is C17H26N4. The number of rotatable bonds is 8. The first-order valence-electron chi connectivity index (χ1n) is 7.70. The van der Waals surface area contributed by atoms with Crippen LogP contribution in [0, 0.1) is 0 Å². The Morgan fingerprint density at radius 1 is 1.05 bits per heavy atom. The monoisotopic (exact) mass is 286 g/mol. The van der Waals surface area contributed by atoms with E-state index in [-0.39, 0.29) is 0 Å². The molecule has 0 spiro atoms. The van der Waals surface area contributed by atoms with Crippen LogP contribution >= 0.6 is 0 Å². The van der Waals surface area contributed by atoms with Crippen LogP contribution in [0.4, 0.5) is 0 Å². The van der Waals surface area contributed by atoms with Crippen molar-refractivity contribution in [1.82, 2.24) is 19.8 Å². The Morgan fingerprint density at radius 3 is 2.29 bits per heavy atom. The molecule has 0 aliphatic heterocycles. The molecule has 0 fully saturated rings. The molecule has 4 nitrogen and oxygen atoms in total. The van der Waals surface area contributed by atoms with Crippen molar-refractivity contribution in [3.63, 3.8) is 0 Å². The van der Waals surface area contributed by atoms with Crippen LogP contribution in [-0.4, -0.2) is 27.5 Å². The molecule has 1 aromatic carbocycles. The lowest BCUT2D eigenvalue weighted by atomic mass is 10.1. The van der Waals surface area contributed by atoms with E-state index in [1.54, 1.807) is 0 Å². The molecule has 0 aliphatic rings. The molecule has 0 bridgehead atoms. The standard InChI is InChI=1S/C17H26N4/c1-4-21(5-2)14-16-8-6-15(7-9-16)12-18-13-17-19-10-11-20(17)3/h6-11,18H,4-5,12-14H2,1-3H3. The first-order chi connectivity index (χ1) is 10.2. The highest BCUT2D eigenvalue weighted by atomic mass is 15.1. The molecule has 0 aliphatic carbocycles. The fraction of sp³-hybridized carbons (Fsp3) is 0.471. The van der Waals surface area contributed by atoms with Gasteiger partial charge in [0.25, 0.3) is 0 Å². The van der Waals surface area contributed by atoms with Gasteiger partial charge in [-0.2, -0.15) is 0 Å². The summed E-state index contributed by atoms with van der Waals surface area (Å²) in [4.78, 5) is 6.73. The van der Waals surface area contributed by atoms with Crippen LogP contribution in [0.5, 0.6) is 0 Å². The molecule has 0 atom stereocenters. The van der Waals surface area contributed by atoms with E-state index in [2.05, 4.69) is 53.3 Å². The number of imidazole rings is 1. The van der Waals surface area contributed by atoms with Gasteiger partial charge in [-0.1, -0.05) is 38.1 Å². The third-order valence-corrected chi connectivity index (χ3v) is 3.86. The summed E-state index contributed by atoms with van der Waals surface area (Å²) in [5.74, 6) is 1.06. The van der Waals surface area contributed by atoms with Gasteiger partial charge in [0.05, 0.1) is 6.54 Å². The molecule has 0 unspecified atom stereocenters. The Balaban J connectivity index is 1.81. The van der Waals surface area contributed by atoms with E-state index in [1.165, 1.54) is 11.1 Å². The Hall–Kier alpha value is -1.65. The number of benzene rings is 1. The first kappa shape index (κ1) is 15.7. The van der Waals surface area contributed by atoms with Gasteiger partial charge in [-0.25, -0.2) is 4.98 Å². The van der Waals surface area contributed by atoms with Gasteiger partial charge in [0.2, 0.25) is 0 Å². The van der Waals surface area contributed by atoms with E-state index in [9.17, 15) is 0 Å². The van der Waals surface area contributed by atoms with E-state index < -0.39 is 0 Å². The third-order valence-electron chi connectivity index (χ3n) is 3.86. The lowest BCUT2D eigenvalue weighted by molar-refractivity contribution is 0.296. The van der Waals surface area contributed by atoms with Gasteiger partial charge in [0.1, 0.15) is 5.82 Å².